The fourth-order valence-electron chi connectivity index (χ4n) is 1.64. The number of nitrogens with zero attached hydrogens (tertiary/aromatic N) is 1. The Hall–Kier alpha value is -0.600. The van der Waals surface area contributed by atoms with Crippen molar-refractivity contribution in [3.8, 4) is 0 Å². The molecule has 0 aliphatic heterocycles. The fraction of sp³-hybridized carbons (Fsp3) is 0.500. The molecule has 1 aromatic heterocycles. The van der Waals surface area contributed by atoms with Gasteiger partial charge in [0, 0.05) is 18.4 Å². The Morgan fingerprint density at radius 2 is 2.23 bits per heavy atom. The van der Waals surface area contributed by atoms with E-state index in [1.807, 2.05) is 12.3 Å². The van der Waals surface area contributed by atoms with Gasteiger partial charge in [0.15, 0.2) is 0 Å². The highest BCUT2D eigenvalue weighted by atomic mass is 35.5. The average Bonchev–Trinajstić information content (AvgIpc) is 2.03. The molecule has 13 heavy (non-hydrogen) atoms. The monoisotopic (exact) mass is 198 g/mol. The maximum atomic E-state index is 6.06. The summed E-state index contributed by atoms with van der Waals surface area (Å²) in [4.78, 5) is 4.07. The second kappa shape index (κ2) is 4.58. The van der Waals surface area contributed by atoms with E-state index in [0.29, 0.717) is 5.92 Å². The van der Waals surface area contributed by atoms with Crippen LogP contribution in [0.4, 0.5) is 0 Å². The van der Waals surface area contributed by atoms with E-state index in [9.17, 15) is 0 Å². The maximum absolute atomic E-state index is 6.06. The summed E-state index contributed by atoms with van der Waals surface area (Å²) in [5.41, 5.74) is 7.24. The van der Waals surface area contributed by atoms with Crippen molar-refractivity contribution in [3.63, 3.8) is 0 Å². The van der Waals surface area contributed by atoms with Gasteiger partial charge in [0.2, 0.25) is 0 Å². The Morgan fingerprint density at radius 1 is 1.46 bits per heavy atom. The predicted molar refractivity (Wildman–Crippen MR) is 55.8 cm³/mol. The van der Waals surface area contributed by atoms with Crippen LogP contribution < -0.4 is 5.73 Å². The quantitative estimate of drug-likeness (QED) is 0.792. The lowest BCUT2D eigenvalue weighted by atomic mass is 9.78. The first-order valence-corrected chi connectivity index (χ1v) is 4.53. The molecule has 1 heterocycles. The summed E-state index contributed by atoms with van der Waals surface area (Å²) in [7, 11) is 0. The molecule has 0 radical (unpaired) electrons. The van der Waals surface area contributed by atoms with Crippen LogP contribution in [0.5, 0.6) is 0 Å². The Balaban J connectivity index is 0.000000845. The Labute approximate surface area is 85.0 Å². The SMILES string of the molecule is Cl.NC(c1cccnc1)C1CCC1. The van der Waals surface area contributed by atoms with Crippen LogP contribution >= 0.6 is 12.4 Å². The summed E-state index contributed by atoms with van der Waals surface area (Å²) in [5, 5.41) is 0. The molecule has 3 heteroatoms. The first-order chi connectivity index (χ1) is 5.88. The van der Waals surface area contributed by atoms with Gasteiger partial charge in [-0.2, -0.15) is 0 Å². The zero-order valence-corrected chi connectivity index (χ0v) is 8.33. The number of hydrogen-bond acceptors (Lipinski definition) is 2. The summed E-state index contributed by atoms with van der Waals surface area (Å²) in [6.07, 6.45) is 7.59. The minimum atomic E-state index is 0. The molecule has 1 fully saturated rings. The molecule has 1 aliphatic rings. The molecule has 2 nitrogen and oxygen atoms in total. The minimum Gasteiger partial charge on any atom is -0.324 e. The van der Waals surface area contributed by atoms with Gasteiger partial charge in [-0.25, -0.2) is 0 Å². The Kier molecular flexibility index (Phi) is 3.70. The summed E-state index contributed by atoms with van der Waals surface area (Å²) in [6.45, 7) is 0. The maximum Gasteiger partial charge on any atom is 0.0338 e. The molecule has 0 bridgehead atoms. The molecule has 0 amide bonds. The van der Waals surface area contributed by atoms with E-state index in [4.69, 9.17) is 5.73 Å². The van der Waals surface area contributed by atoms with Crippen LogP contribution in [0.3, 0.4) is 0 Å². The largest absolute Gasteiger partial charge is 0.324 e. The highest BCUT2D eigenvalue weighted by Gasteiger charge is 2.25. The van der Waals surface area contributed by atoms with Gasteiger partial charge in [0.25, 0.3) is 0 Å². The Bertz CT molecular complexity index is 246. The zero-order chi connectivity index (χ0) is 8.39. The van der Waals surface area contributed by atoms with E-state index in [1.165, 1.54) is 24.8 Å². The van der Waals surface area contributed by atoms with E-state index in [-0.39, 0.29) is 18.4 Å². The van der Waals surface area contributed by atoms with Crippen molar-refractivity contribution in [1.29, 1.82) is 0 Å². The van der Waals surface area contributed by atoms with Crippen LogP contribution in [-0.4, -0.2) is 4.98 Å². The number of pyridine rings is 1. The van der Waals surface area contributed by atoms with E-state index in [1.54, 1.807) is 6.20 Å². The lowest BCUT2D eigenvalue weighted by molar-refractivity contribution is 0.264. The van der Waals surface area contributed by atoms with E-state index in [2.05, 4.69) is 11.1 Å². The second-order valence-corrected chi connectivity index (χ2v) is 3.50. The first kappa shape index (κ1) is 10.5. The van der Waals surface area contributed by atoms with Gasteiger partial charge < -0.3 is 5.73 Å². The molecule has 1 aliphatic carbocycles. The van der Waals surface area contributed by atoms with Crippen molar-refractivity contribution < 1.29 is 0 Å². The molecule has 1 atom stereocenters. The molecule has 1 saturated carbocycles. The zero-order valence-electron chi connectivity index (χ0n) is 7.52. The second-order valence-electron chi connectivity index (χ2n) is 3.50. The molecule has 2 rings (SSSR count). The van der Waals surface area contributed by atoms with Crippen molar-refractivity contribution in [3.05, 3.63) is 30.1 Å². The van der Waals surface area contributed by atoms with Gasteiger partial charge in [0.1, 0.15) is 0 Å². The summed E-state index contributed by atoms with van der Waals surface area (Å²) < 4.78 is 0. The molecular formula is C10H15ClN2. The Morgan fingerprint density at radius 3 is 2.69 bits per heavy atom. The minimum absolute atomic E-state index is 0. The predicted octanol–water partition coefficient (Wildman–Crippen LogP) is 2.30. The molecular weight excluding hydrogens is 184 g/mol. The molecule has 2 N–H and O–H groups in total. The van der Waals surface area contributed by atoms with Gasteiger partial charge in [-0.3, -0.25) is 4.98 Å². The first-order valence-electron chi connectivity index (χ1n) is 4.53. The van der Waals surface area contributed by atoms with Crippen molar-refractivity contribution in [2.45, 2.75) is 25.3 Å². The van der Waals surface area contributed by atoms with E-state index >= 15 is 0 Å². The lowest BCUT2D eigenvalue weighted by Gasteiger charge is -2.31. The van der Waals surface area contributed by atoms with Crippen LogP contribution in [0.2, 0.25) is 0 Å². The van der Waals surface area contributed by atoms with Crippen molar-refractivity contribution in [2.75, 3.05) is 0 Å². The fourth-order valence-corrected chi connectivity index (χ4v) is 1.64. The van der Waals surface area contributed by atoms with Crippen LogP contribution in [-0.2, 0) is 0 Å². The van der Waals surface area contributed by atoms with Crippen LogP contribution in [0.1, 0.15) is 30.9 Å². The molecule has 1 unspecified atom stereocenters. The van der Waals surface area contributed by atoms with Crippen molar-refractivity contribution in [1.82, 2.24) is 4.98 Å². The normalized spacial score (nSPS) is 18.5. The topological polar surface area (TPSA) is 38.9 Å². The molecule has 1 aromatic rings. The van der Waals surface area contributed by atoms with Crippen LogP contribution in [0.15, 0.2) is 24.5 Å². The highest BCUT2D eigenvalue weighted by molar-refractivity contribution is 5.85. The number of hydrogen-bond donors (Lipinski definition) is 1. The third-order valence-corrected chi connectivity index (χ3v) is 2.73. The van der Waals surface area contributed by atoms with Gasteiger partial charge in [-0.15, -0.1) is 12.4 Å². The van der Waals surface area contributed by atoms with Gasteiger partial charge in [-0.1, -0.05) is 12.5 Å². The van der Waals surface area contributed by atoms with Crippen LogP contribution in [0.25, 0.3) is 0 Å². The molecule has 0 aromatic carbocycles. The standard InChI is InChI=1S/C10H14N2.ClH/c11-10(8-3-1-4-8)9-5-2-6-12-7-9;/h2,5-8,10H,1,3-4,11H2;1H. The molecule has 0 spiro atoms. The summed E-state index contributed by atoms with van der Waals surface area (Å²) in [5.74, 6) is 0.703. The smallest absolute Gasteiger partial charge is 0.0338 e. The molecule has 0 saturated heterocycles. The van der Waals surface area contributed by atoms with Gasteiger partial charge in [-0.05, 0) is 30.4 Å². The molecule has 72 valence electrons. The van der Waals surface area contributed by atoms with Crippen molar-refractivity contribution >= 4 is 12.4 Å². The summed E-state index contributed by atoms with van der Waals surface area (Å²) >= 11 is 0. The van der Waals surface area contributed by atoms with Crippen molar-refractivity contribution in [2.24, 2.45) is 11.7 Å². The van der Waals surface area contributed by atoms with Gasteiger partial charge in [0.05, 0.1) is 0 Å². The number of rotatable bonds is 2. The lowest BCUT2D eigenvalue weighted by Crippen LogP contribution is -2.26. The summed E-state index contributed by atoms with van der Waals surface area (Å²) in [6, 6.07) is 4.23. The van der Waals surface area contributed by atoms with Gasteiger partial charge >= 0.3 is 0 Å². The number of halogens is 1. The van der Waals surface area contributed by atoms with E-state index < -0.39 is 0 Å². The third-order valence-electron chi connectivity index (χ3n) is 2.73. The van der Waals surface area contributed by atoms with E-state index in [0.717, 1.165) is 0 Å². The highest BCUT2D eigenvalue weighted by Crippen LogP contribution is 2.35. The van der Waals surface area contributed by atoms with Crippen LogP contribution in [0, 0.1) is 5.92 Å². The number of nitrogens with two attached hydrogens (primary N) is 1. The third kappa shape index (κ3) is 2.20. The number of aromatic nitrogens is 1. The average molecular weight is 199 g/mol.